The average molecular weight is 346 g/mol. The Balaban J connectivity index is 0.000000421. The van der Waals surface area contributed by atoms with E-state index in [9.17, 15) is 9.59 Å². The van der Waals surface area contributed by atoms with E-state index in [0.29, 0.717) is 12.8 Å². The fourth-order valence-corrected chi connectivity index (χ4v) is 1.89. The summed E-state index contributed by atoms with van der Waals surface area (Å²) in [6, 6.07) is 19.5. The van der Waals surface area contributed by atoms with Gasteiger partial charge in [0, 0.05) is 20.0 Å². The topological polar surface area (TPSA) is 83.8 Å². The van der Waals surface area contributed by atoms with Crippen LogP contribution in [-0.2, 0) is 27.2 Å². The lowest BCUT2D eigenvalue weighted by Crippen LogP contribution is -2.01. The van der Waals surface area contributed by atoms with Gasteiger partial charge in [0.1, 0.15) is 0 Å². The summed E-state index contributed by atoms with van der Waals surface area (Å²) < 4.78 is 4.53. The predicted molar refractivity (Wildman–Crippen MR) is 97.3 cm³/mol. The number of aliphatic carboxylic acids is 1. The van der Waals surface area contributed by atoms with E-state index in [0.717, 1.165) is 19.1 Å². The van der Waals surface area contributed by atoms with Gasteiger partial charge in [0.2, 0.25) is 0 Å². The first-order valence-corrected chi connectivity index (χ1v) is 7.93. The molecule has 136 valence electrons. The second kappa shape index (κ2) is 14.9. The lowest BCUT2D eigenvalue weighted by atomic mass is 10.1. The lowest BCUT2D eigenvalue weighted by Gasteiger charge is -1.98. The summed E-state index contributed by atoms with van der Waals surface area (Å²) in [5.74, 6) is -0.896. The summed E-state index contributed by atoms with van der Waals surface area (Å²) in [7, 11) is 2.41. The molecule has 0 atom stereocenters. The quantitative estimate of drug-likeness (QED) is 0.785. The van der Waals surface area contributed by atoms with Crippen molar-refractivity contribution in [3.63, 3.8) is 0 Å². The average Bonchev–Trinajstić information content (AvgIpc) is 2.68. The van der Waals surface area contributed by atoms with E-state index in [1.807, 2.05) is 60.7 Å². The van der Waals surface area contributed by atoms with E-state index in [-0.39, 0.29) is 12.4 Å². The third kappa shape index (κ3) is 12.4. The van der Waals surface area contributed by atoms with Gasteiger partial charge in [-0.25, -0.2) is 0 Å². The van der Waals surface area contributed by atoms with E-state index in [2.05, 4.69) is 4.74 Å². The first-order valence-electron chi connectivity index (χ1n) is 7.93. The Morgan fingerprint density at radius 1 is 0.800 bits per heavy atom. The number of hydrogen-bond donors (Lipinski definition) is 2. The highest BCUT2D eigenvalue weighted by Gasteiger charge is 1.99. The monoisotopic (exact) mass is 346 g/mol. The zero-order chi connectivity index (χ0) is 18.9. The van der Waals surface area contributed by atoms with Crippen LogP contribution in [0, 0.1) is 0 Å². The number of rotatable bonds is 6. The Morgan fingerprint density at radius 3 is 1.56 bits per heavy atom. The van der Waals surface area contributed by atoms with E-state index >= 15 is 0 Å². The SMILES string of the molecule is CO.COC(=O)CCc1ccccc1.O=C(O)CCc1ccccc1. The number of hydrogen-bond acceptors (Lipinski definition) is 4. The van der Waals surface area contributed by atoms with Crippen LogP contribution in [0.4, 0.5) is 0 Å². The molecule has 0 aromatic heterocycles. The highest BCUT2D eigenvalue weighted by molar-refractivity contribution is 5.69. The largest absolute Gasteiger partial charge is 0.481 e. The second-order valence-corrected chi connectivity index (χ2v) is 4.94. The molecule has 0 aliphatic heterocycles. The van der Waals surface area contributed by atoms with Crippen molar-refractivity contribution in [2.24, 2.45) is 0 Å². The molecule has 0 saturated carbocycles. The predicted octanol–water partition coefficient (Wildman–Crippen LogP) is 3.10. The smallest absolute Gasteiger partial charge is 0.305 e. The zero-order valence-electron chi connectivity index (χ0n) is 14.7. The molecule has 0 unspecified atom stereocenters. The van der Waals surface area contributed by atoms with Gasteiger partial charge in [-0.3, -0.25) is 9.59 Å². The molecule has 0 aliphatic carbocycles. The molecule has 2 aromatic rings. The third-order valence-electron chi connectivity index (χ3n) is 3.16. The summed E-state index contributed by atoms with van der Waals surface area (Å²) >= 11 is 0. The number of benzene rings is 2. The number of carbonyl (C=O) groups excluding carboxylic acids is 1. The van der Waals surface area contributed by atoms with Crippen LogP contribution in [0.1, 0.15) is 24.0 Å². The Kier molecular flexibility index (Phi) is 13.3. The fourth-order valence-electron chi connectivity index (χ4n) is 1.89. The van der Waals surface area contributed by atoms with Crippen LogP contribution < -0.4 is 0 Å². The molecule has 0 heterocycles. The number of aliphatic hydroxyl groups is 1. The van der Waals surface area contributed by atoms with Gasteiger partial charge in [0.15, 0.2) is 0 Å². The number of aryl methyl sites for hydroxylation is 2. The number of ether oxygens (including phenoxy) is 1. The van der Waals surface area contributed by atoms with E-state index in [4.69, 9.17) is 10.2 Å². The molecule has 0 amide bonds. The van der Waals surface area contributed by atoms with Gasteiger partial charge in [0.05, 0.1) is 7.11 Å². The normalized spacial score (nSPS) is 8.92. The number of carbonyl (C=O) groups is 2. The highest BCUT2D eigenvalue weighted by atomic mass is 16.5. The van der Waals surface area contributed by atoms with Gasteiger partial charge in [-0.1, -0.05) is 60.7 Å². The van der Waals surface area contributed by atoms with Crippen LogP contribution in [0.5, 0.6) is 0 Å². The zero-order valence-corrected chi connectivity index (χ0v) is 14.7. The van der Waals surface area contributed by atoms with Crippen LogP contribution in [0.2, 0.25) is 0 Å². The molecule has 2 N–H and O–H groups in total. The Labute approximate surface area is 148 Å². The van der Waals surface area contributed by atoms with E-state index < -0.39 is 5.97 Å². The minimum Gasteiger partial charge on any atom is -0.481 e. The van der Waals surface area contributed by atoms with Crippen molar-refractivity contribution >= 4 is 11.9 Å². The minimum atomic E-state index is -0.742. The molecule has 0 fully saturated rings. The molecule has 5 nitrogen and oxygen atoms in total. The molecule has 0 spiro atoms. The van der Waals surface area contributed by atoms with Crippen molar-refractivity contribution in [1.82, 2.24) is 0 Å². The molecule has 0 saturated heterocycles. The van der Waals surface area contributed by atoms with Gasteiger partial charge in [-0.2, -0.15) is 0 Å². The van der Waals surface area contributed by atoms with E-state index in [1.54, 1.807) is 0 Å². The molecule has 2 rings (SSSR count). The van der Waals surface area contributed by atoms with Crippen molar-refractivity contribution in [1.29, 1.82) is 0 Å². The number of carboxylic acids is 1. The van der Waals surface area contributed by atoms with Gasteiger partial charge in [-0.05, 0) is 24.0 Å². The molecule has 0 aliphatic rings. The summed E-state index contributed by atoms with van der Waals surface area (Å²) in [6.45, 7) is 0. The standard InChI is InChI=1S/C10H12O2.C9H10O2.CH4O/c1-12-10(11)8-7-9-5-3-2-4-6-9;10-9(11)7-6-8-4-2-1-3-5-8;1-2/h2-6H,7-8H2,1H3;1-5H,6-7H2,(H,10,11);2H,1H3. The van der Waals surface area contributed by atoms with Crippen LogP contribution in [0.25, 0.3) is 0 Å². The first-order chi connectivity index (χ1) is 12.1. The Morgan fingerprint density at radius 2 is 1.20 bits per heavy atom. The molecule has 25 heavy (non-hydrogen) atoms. The van der Waals surface area contributed by atoms with Crippen molar-refractivity contribution in [3.05, 3.63) is 71.8 Å². The number of aliphatic hydroxyl groups excluding tert-OH is 1. The van der Waals surface area contributed by atoms with Crippen LogP contribution in [0.3, 0.4) is 0 Å². The first kappa shape index (κ1) is 22.3. The lowest BCUT2D eigenvalue weighted by molar-refractivity contribution is -0.140. The number of methoxy groups -OCH3 is 1. The summed E-state index contributed by atoms with van der Waals surface area (Å²) in [6.07, 6.45) is 2.05. The molecule has 0 bridgehead atoms. The van der Waals surface area contributed by atoms with Gasteiger partial charge >= 0.3 is 11.9 Å². The van der Waals surface area contributed by atoms with Crippen molar-refractivity contribution in [2.45, 2.75) is 25.7 Å². The molecular formula is C20H26O5. The molecular weight excluding hydrogens is 320 g/mol. The third-order valence-corrected chi connectivity index (χ3v) is 3.16. The van der Waals surface area contributed by atoms with Gasteiger partial charge < -0.3 is 14.9 Å². The van der Waals surface area contributed by atoms with Crippen molar-refractivity contribution in [2.75, 3.05) is 14.2 Å². The fraction of sp³-hybridized carbons (Fsp3) is 0.300. The number of esters is 1. The van der Waals surface area contributed by atoms with Gasteiger partial charge in [0.25, 0.3) is 0 Å². The Bertz CT molecular complexity index is 582. The molecule has 5 heteroatoms. The molecule has 0 radical (unpaired) electrons. The maximum atomic E-state index is 10.8. The van der Waals surface area contributed by atoms with Crippen molar-refractivity contribution < 1.29 is 24.5 Å². The maximum Gasteiger partial charge on any atom is 0.305 e. The van der Waals surface area contributed by atoms with Crippen LogP contribution >= 0.6 is 0 Å². The molecule has 2 aromatic carbocycles. The minimum absolute atomic E-state index is 0.154. The summed E-state index contributed by atoms with van der Waals surface area (Å²) in [4.78, 5) is 20.9. The van der Waals surface area contributed by atoms with Gasteiger partial charge in [-0.15, -0.1) is 0 Å². The Hall–Kier alpha value is -2.66. The maximum absolute atomic E-state index is 10.8. The highest BCUT2D eigenvalue weighted by Crippen LogP contribution is 2.02. The number of carboxylic acid groups (broad SMARTS) is 1. The summed E-state index contributed by atoms with van der Waals surface area (Å²) in [5.41, 5.74) is 2.25. The second-order valence-electron chi connectivity index (χ2n) is 4.94. The van der Waals surface area contributed by atoms with E-state index in [1.165, 1.54) is 12.7 Å². The van der Waals surface area contributed by atoms with Crippen LogP contribution in [0.15, 0.2) is 60.7 Å². The van der Waals surface area contributed by atoms with Crippen molar-refractivity contribution in [3.8, 4) is 0 Å². The summed E-state index contributed by atoms with van der Waals surface area (Å²) in [5, 5.41) is 15.4. The van der Waals surface area contributed by atoms with Crippen LogP contribution in [-0.4, -0.2) is 36.4 Å².